The minimum Gasteiger partial charge on any atom is -0.356 e. The SMILES string of the molecule is C#CCN(Cc1ccc(S(=O)(=O)NC)cc1)c1ccc(C(F)(F)F)cc1. The molecule has 0 heterocycles. The van der Waals surface area contributed by atoms with Gasteiger partial charge < -0.3 is 4.90 Å². The first-order valence-corrected chi connectivity index (χ1v) is 9.04. The molecule has 0 aliphatic carbocycles. The van der Waals surface area contributed by atoms with Crippen molar-refractivity contribution < 1.29 is 21.6 Å². The molecule has 0 bridgehead atoms. The van der Waals surface area contributed by atoms with Crippen molar-refractivity contribution in [1.29, 1.82) is 0 Å². The van der Waals surface area contributed by atoms with Crippen LogP contribution in [0.25, 0.3) is 0 Å². The molecule has 0 saturated carbocycles. The second-order valence-electron chi connectivity index (χ2n) is 5.46. The molecule has 138 valence electrons. The highest BCUT2D eigenvalue weighted by molar-refractivity contribution is 7.89. The lowest BCUT2D eigenvalue weighted by molar-refractivity contribution is -0.137. The van der Waals surface area contributed by atoms with E-state index in [2.05, 4.69) is 10.6 Å². The first kappa shape index (κ1) is 19.8. The maximum atomic E-state index is 12.7. The van der Waals surface area contributed by atoms with E-state index in [1.54, 1.807) is 17.0 Å². The van der Waals surface area contributed by atoms with Crippen LogP contribution in [0.2, 0.25) is 0 Å². The smallest absolute Gasteiger partial charge is 0.356 e. The van der Waals surface area contributed by atoms with Gasteiger partial charge in [-0.3, -0.25) is 0 Å². The molecule has 0 fully saturated rings. The lowest BCUT2D eigenvalue weighted by atomic mass is 10.1. The molecule has 0 amide bonds. The quantitative estimate of drug-likeness (QED) is 0.781. The summed E-state index contributed by atoms with van der Waals surface area (Å²) in [6.45, 7) is 0.525. The maximum absolute atomic E-state index is 12.7. The van der Waals surface area contributed by atoms with Crippen LogP contribution >= 0.6 is 0 Å². The van der Waals surface area contributed by atoms with E-state index in [4.69, 9.17) is 6.42 Å². The number of terminal acetylenes is 1. The summed E-state index contributed by atoms with van der Waals surface area (Å²) in [6.07, 6.45) is 0.961. The molecule has 0 unspecified atom stereocenters. The van der Waals surface area contributed by atoms with E-state index in [1.807, 2.05) is 0 Å². The fourth-order valence-corrected chi connectivity index (χ4v) is 3.05. The molecular formula is C18H17F3N2O2S. The van der Waals surface area contributed by atoms with Gasteiger partial charge in [-0.15, -0.1) is 6.42 Å². The van der Waals surface area contributed by atoms with E-state index < -0.39 is 21.8 Å². The van der Waals surface area contributed by atoms with Gasteiger partial charge in [-0.25, -0.2) is 13.1 Å². The fourth-order valence-electron chi connectivity index (χ4n) is 2.32. The van der Waals surface area contributed by atoms with E-state index in [0.29, 0.717) is 12.2 Å². The van der Waals surface area contributed by atoms with E-state index >= 15 is 0 Å². The molecule has 0 spiro atoms. The second kappa shape index (κ2) is 7.81. The Balaban J connectivity index is 2.22. The van der Waals surface area contributed by atoms with Crippen molar-refractivity contribution in [2.24, 2.45) is 0 Å². The van der Waals surface area contributed by atoms with E-state index in [-0.39, 0.29) is 11.4 Å². The van der Waals surface area contributed by atoms with Crippen LogP contribution < -0.4 is 9.62 Å². The summed E-state index contributed by atoms with van der Waals surface area (Å²) in [5, 5.41) is 0. The molecule has 0 saturated heterocycles. The summed E-state index contributed by atoms with van der Waals surface area (Å²) in [5.41, 5.74) is 0.585. The van der Waals surface area contributed by atoms with Crippen LogP contribution in [-0.4, -0.2) is 22.0 Å². The number of hydrogen-bond acceptors (Lipinski definition) is 3. The average Bonchev–Trinajstić information content (AvgIpc) is 2.61. The van der Waals surface area contributed by atoms with E-state index in [9.17, 15) is 21.6 Å². The molecule has 0 radical (unpaired) electrons. The highest BCUT2D eigenvalue weighted by Gasteiger charge is 2.30. The van der Waals surface area contributed by atoms with Crippen LogP contribution in [-0.2, 0) is 22.7 Å². The third kappa shape index (κ3) is 4.77. The normalized spacial score (nSPS) is 11.8. The zero-order valence-electron chi connectivity index (χ0n) is 13.9. The molecule has 0 aliphatic heterocycles. The summed E-state index contributed by atoms with van der Waals surface area (Å²) in [4.78, 5) is 1.85. The number of anilines is 1. The first-order chi connectivity index (χ1) is 12.2. The Morgan fingerprint density at radius 2 is 1.65 bits per heavy atom. The number of nitrogens with one attached hydrogen (secondary N) is 1. The molecule has 2 aromatic carbocycles. The van der Waals surface area contributed by atoms with Gasteiger partial charge in [0.15, 0.2) is 0 Å². The molecule has 2 rings (SSSR count). The number of halogens is 3. The molecule has 8 heteroatoms. The molecule has 0 aromatic heterocycles. The van der Waals surface area contributed by atoms with Crippen molar-refractivity contribution in [1.82, 2.24) is 4.72 Å². The van der Waals surface area contributed by atoms with Gasteiger partial charge in [0.25, 0.3) is 0 Å². The van der Waals surface area contributed by atoms with Crippen LogP contribution in [0.5, 0.6) is 0 Å². The second-order valence-corrected chi connectivity index (χ2v) is 7.34. The predicted octanol–water partition coefficient (Wildman–Crippen LogP) is 3.25. The minimum absolute atomic E-state index is 0.127. The lowest BCUT2D eigenvalue weighted by Crippen LogP contribution is -2.23. The van der Waals surface area contributed by atoms with Gasteiger partial charge in [-0.05, 0) is 49.0 Å². The Kier molecular flexibility index (Phi) is 5.95. The summed E-state index contributed by atoms with van der Waals surface area (Å²) < 4.78 is 63.7. The molecule has 0 aliphatic rings. The number of alkyl halides is 3. The number of hydrogen-bond donors (Lipinski definition) is 1. The van der Waals surface area contributed by atoms with E-state index in [1.165, 1.54) is 31.3 Å². The minimum atomic E-state index is -4.40. The lowest BCUT2D eigenvalue weighted by Gasteiger charge is -2.23. The van der Waals surface area contributed by atoms with Crippen molar-refractivity contribution in [3.63, 3.8) is 0 Å². The standard InChI is InChI=1S/C18H17F3N2O2S/c1-3-12-23(16-8-6-15(7-9-16)18(19,20)21)13-14-4-10-17(11-5-14)26(24,25)22-2/h1,4-11,22H,12-13H2,2H3. The zero-order valence-corrected chi connectivity index (χ0v) is 14.7. The topological polar surface area (TPSA) is 49.4 Å². The van der Waals surface area contributed by atoms with Crippen LogP contribution in [0, 0.1) is 12.3 Å². The van der Waals surface area contributed by atoms with Crippen LogP contribution in [0.1, 0.15) is 11.1 Å². The van der Waals surface area contributed by atoms with Crippen molar-refractivity contribution in [2.45, 2.75) is 17.6 Å². The number of rotatable bonds is 6. The summed E-state index contributed by atoms with van der Waals surface area (Å²) in [7, 11) is -2.21. The van der Waals surface area contributed by atoms with Crippen molar-refractivity contribution >= 4 is 15.7 Å². The Morgan fingerprint density at radius 3 is 2.12 bits per heavy atom. The maximum Gasteiger partial charge on any atom is 0.416 e. The van der Waals surface area contributed by atoms with E-state index in [0.717, 1.165) is 17.7 Å². The monoisotopic (exact) mass is 382 g/mol. The van der Waals surface area contributed by atoms with Gasteiger partial charge in [0.05, 0.1) is 17.0 Å². The van der Waals surface area contributed by atoms with Crippen LogP contribution in [0.3, 0.4) is 0 Å². The largest absolute Gasteiger partial charge is 0.416 e. The summed E-state index contributed by atoms with van der Waals surface area (Å²) >= 11 is 0. The highest BCUT2D eigenvalue weighted by atomic mass is 32.2. The third-order valence-electron chi connectivity index (χ3n) is 3.72. The molecular weight excluding hydrogens is 365 g/mol. The third-order valence-corrected chi connectivity index (χ3v) is 5.15. The molecule has 1 N–H and O–H groups in total. The van der Waals surface area contributed by atoms with Crippen molar-refractivity contribution in [3.8, 4) is 12.3 Å². The Bertz CT molecular complexity index is 884. The molecule has 0 atom stereocenters. The van der Waals surface area contributed by atoms with Gasteiger partial charge in [-0.1, -0.05) is 18.1 Å². The average molecular weight is 382 g/mol. The molecule has 4 nitrogen and oxygen atoms in total. The predicted molar refractivity (Wildman–Crippen MR) is 94.0 cm³/mol. The Morgan fingerprint density at radius 1 is 1.08 bits per heavy atom. The highest BCUT2D eigenvalue weighted by Crippen LogP contribution is 2.30. The number of sulfonamides is 1. The van der Waals surface area contributed by atoms with Gasteiger partial charge >= 0.3 is 6.18 Å². The number of benzene rings is 2. The number of nitrogens with zero attached hydrogens (tertiary/aromatic N) is 1. The Hall–Kier alpha value is -2.50. The summed E-state index contributed by atoms with van der Waals surface area (Å²) in [5.74, 6) is 2.47. The summed E-state index contributed by atoms with van der Waals surface area (Å²) in [6, 6.07) is 10.9. The van der Waals surface area contributed by atoms with Gasteiger partial charge in [0, 0.05) is 12.2 Å². The van der Waals surface area contributed by atoms with Crippen LogP contribution in [0.15, 0.2) is 53.4 Å². The van der Waals surface area contributed by atoms with Gasteiger partial charge in [0.1, 0.15) is 0 Å². The van der Waals surface area contributed by atoms with Gasteiger partial charge in [0.2, 0.25) is 10.0 Å². The zero-order chi connectivity index (χ0) is 19.4. The molecule has 2 aromatic rings. The molecule has 26 heavy (non-hydrogen) atoms. The van der Waals surface area contributed by atoms with Crippen molar-refractivity contribution in [3.05, 3.63) is 59.7 Å². The Labute approximate surface area is 150 Å². The fraction of sp³-hybridized carbons (Fsp3) is 0.222. The van der Waals surface area contributed by atoms with Crippen LogP contribution in [0.4, 0.5) is 18.9 Å². The van der Waals surface area contributed by atoms with Crippen molar-refractivity contribution in [2.75, 3.05) is 18.5 Å². The first-order valence-electron chi connectivity index (χ1n) is 7.55. The van der Waals surface area contributed by atoms with Gasteiger partial charge in [-0.2, -0.15) is 13.2 Å².